The quantitative estimate of drug-likeness (QED) is 0.800. The number of anilines is 1. The molecule has 116 valence electrons. The Kier molecular flexibility index (Phi) is 6.21. The molecule has 1 aliphatic carbocycles. The van der Waals surface area contributed by atoms with Gasteiger partial charge in [0.2, 0.25) is 5.91 Å². The van der Waals surface area contributed by atoms with Crippen LogP contribution >= 0.6 is 0 Å². The number of nitrogens with zero attached hydrogens (tertiary/aromatic N) is 1. The standard InChI is InChI=1S/C17H26N2O2/c1-2-21-16-11-14(12-16)13-17(20)19(10-6-9-18)15-7-4-3-5-8-15/h3-5,7-8,14,16H,2,6,9-13,18H2,1H3. The lowest BCUT2D eigenvalue weighted by Gasteiger charge is -2.35. The minimum atomic E-state index is 0.203. The number of nitrogens with two attached hydrogens (primary N) is 1. The van der Waals surface area contributed by atoms with Crippen LogP contribution in [0.1, 0.15) is 32.6 Å². The van der Waals surface area contributed by atoms with E-state index in [0.717, 1.165) is 31.6 Å². The number of carbonyl (C=O) groups excluding carboxylic acids is 1. The molecule has 1 aromatic carbocycles. The molecule has 0 spiro atoms. The zero-order valence-corrected chi connectivity index (χ0v) is 12.8. The van der Waals surface area contributed by atoms with Gasteiger partial charge in [-0.05, 0) is 50.8 Å². The number of ether oxygens (including phenoxy) is 1. The fraction of sp³-hybridized carbons (Fsp3) is 0.588. The van der Waals surface area contributed by atoms with Crippen LogP contribution in [0.25, 0.3) is 0 Å². The number of amides is 1. The molecule has 0 bridgehead atoms. The SMILES string of the molecule is CCOC1CC(CC(=O)N(CCCN)c2ccccc2)C1. The molecule has 2 rings (SSSR count). The van der Waals surface area contributed by atoms with Gasteiger partial charge in [-0.2, -0.15) is 0 Å². The second-order valence-electron chi connectivity index (χ2n) is 5.64. The summed E-state index contributed by atoms with van der Waals surface area (Å²) >= 11 is 0. The van der Waals surface area contributed by atoms with Gasteiger partial charge in [-0.3, -0.25) is 4.79 Å². The van der Waals surface area contributed by atoms with Crippen LogP contribution in [-0.4, -0.2) is 31.7 Å². The molecule has 0 radical (unpaired) electrons. The fourth-order valence-electron chi connectivity index (χ4n) is 2.83. The van der Waals surface area contributed by atoms with Gasteiger partial charge in [0.15, 0.2) is 0 Å². The molecule has 1 aromatic rings. The Hall–Kier alpha value is -1.39. The van der Waals surface area contributed by atoms with Gasteiger partial charge >= 0.3 is 0 Å². The highest BCUT2D eigenvalue weighted by Crippen LogP contribution is 2.33. The van der Waals surface area contributed by atoms with E-state index in [2.05, 4.69) is 0 Å². The third-order valence-electron chi connectivity index (χ3n) is 4.01. The van der Waals surface area contributed by atoms with Gasteiger partial charge in [0, 0.05) is 25.3 Å². The van der Waals surface area contributed by atoms with Crippen molar-refractivity contribution < 1.29 is 9.53 Å². The van der Waals surface area contributed by atoms with Crippen LogP contribution in [0.5, 0.6) is 0 Å². The Labute approximate surface area is 127 Å². The van der Waals surface area contributed by atoms with E-state index in [0.29, 0.717) is 31.5 Å². The van der Waals surface area contributed by atoms with Crippen molar-refractivity contribution in [2.75, 3.05) is 24.6 Å². The van der Waals surface area contributed by atoms with Crippen LogP contribution in [0.15, 0.2) is 30.3 Å². The number of hydrogen-bond donors (Lipinski definition) is 1. The predicted octanol–water partition coefficient (Wildman–Crippen LogP) is 2.57. The zero-order valence-electron chi connectivity index (χ0n) is 12.8. The lowest BCUT2D eigenvalue weighted by Crippen LogP contribution is -2.38. The van der Waals surface area contributed by atoms with Gasteiger partial charge in [-0.15, -0.1) is 0 Å². The molecule has 2 N–H and O–H groups in total. The Balaban J connectivity index is 1.90. The van der Waals surface area contributed by atoms with E-state index >= 15 is 0 Å². The number of benzene rings is 1. The molecule has 1 aliphatic rings. The maximum absolute atomic E-state index is 12.6. The molecule has 4 nitrogen and oxygen atoms in total. The Bertz CT molecular complexity index is 430. The van der Waals surface area contributed by atoms with Crippen molar-refractivity contribution in [1.29, 1.82) is 0 Å². The summed E-state index contributed by atoms with van der Waals surface area (Å²) in [7, 11) is 0. The van der Waals surface area contributed by atoms with E-state index in [1.165, 1.54) is 0 Å². The van der Waals surface area contributed by atoms with E-state index in [-0.39, 0.29) is 5.91 Å². The van der Waals surface area contributed by atoms with Crippen molar-refractivity contribution in [2.24, 2.45) is 11.7 Å². The maximum atomic E-state index is 12.6. The Morgan fingerprint density at radius 2 is 2.05 bits per heavy atom. The summed E-state index contributed by atoms with van der Waals surface area (Å²) in [6, 6.07) is 9.86. The fourth-order valence-corrected chi connectivity index (χ4v) is 2.83. The molecule has 0 aromatic heterocycles. The van der Waals surface area contributed by atoms with Crippen molar-refractivity contribution in [1.82, 2.24) is 0 Å². The topological polar surface area (TPSA) is 55.6 Å². The summed E-state index contributed by atoms with van der Waals surface area (Å²) in [5.74, 6) is 0.674. The predicted molar refractivity (Wildman–Crippen MR) is 85.2 cm³/mol. The molecule has 21 heavy (non-hydrogen) atoms. The highest BCUT2D eigenvalue weighted by Gasteiger charge is 2.32. The highest BCUT2D eigenvalue weighted by molar-refractivity contribution is 5.93. The summed E-state index contributed by atoms with van der Waals surface area (Å²) < 4.78 is 5.56. The molecule has 1 saturated carbocycles. The number of rotatable bonds is 8. The minimum absolute atomic E-state index is 0.203. The van der Waals surface area contributed by atoms with Crippen LogP contribution in [0, 0.1) is 5.92 Å². The van der Waals surface area contributed by atoms with Crippen LogP contribution in [-0.2, 0) is 9.53 Å². The normalized spacial score (nSPS) is 20.9. The average molecular weight is 290 g/mol. The molecule has 0 saturated heterocycles. The molecular weight excluding hydrogens is 264 g/mol. The maximum Gasteiger partial charge on any atom is 0.227 e. The van der Waals surface area contributed by atoms with E-state index < -0.39 is 0 Å². The monoisotopic (exact) mass is 290 g/mol. The third kappa shape index (κ3) is 4.55. The molecule has 0 aliphatic heterocycles. The second kappa shape index (κ2) is 8.15. The van der Waals surface area contributed by atoms with Crippen molar-refractivity contribution in [3.05, 3.63) is 30.3 Å². The zero-order chi connectivity index (χ0) is 15.1. The first-order valence-corrected chi connectivity index (χ1v) is 7.91. The van der Waals surface area contributed by atoms with Gasteiger partial charge in [0.05, 0.1) is 6.10 Å². The number of para-hydroxylation sites is 1. The lowest BCUT2D eigenvalue weighted by atomic mass is 9.79. The van der Waals surface area contributed by atoms with Crippen LogP contribution in [0.3, 0.4) is 0 Å². The molecule has 4 heteroatoms. The van der Waals surface area contributed by atoms with Gasteiger partial charge in [0.25, 0.3) is 0 Å². The summed E-state index contributed by atoms with van der Waals surface area (Å²) in [6.45, 7) is 4.08. The first kappa shape index (κ1) is 16.0. The highest BCUT2D eigenvalue weighted by atomic mass is 16.5. The van der Waals surface area contributed by atoms with Crippen LogP contribution in [0.2, 0.25) is 0 Å². The smallest absolute Gasteiger partial charge is 0.227 e. The summed E-state index contributed by atoms with van der Waals surface area (Å²) in [5.41, 5.74) is 6.56. The first-order chi connectivity index (χ1) is 10.2. The number of hydrogen-bond acceptors (Lipinski definition) is 3. The first-order valence-electron chi connectivity index (χ1n) is 7.91. The molecular formula is C17H26N2O2. The van der Waals surface area contributed by atoms with E-state index in [4.69, 9.17) is 10.5 Å². The summed E-state index contributed by atoms with van der Waals surface area (Å²) in [5, 5.41) is 0. The van der Waals surface area contributed by atoms with Crippen molar-refractivity contribution >= 4 is 11.6 Å². The van der Waals surface area contributed by atoms with Gasteiger partial charge in [-0.1, -0.05) is 18.2 Å². The van der Waals surface area contributed by atoms with Gasteiger partial charge < -0.3 is 15.4 Å². The minimum Gasteiger partial charge on any atom is -0.378 e. The molecule has 1 amide bonds. The average Bonchev–Trinajstić information content (AvgIpc) is 2.46. The second-order valence-corrected chi connectivity index (χ2v) is 5.64. The molecule has 0 heterocycles. The van der Waals surface area contributed by atoms with E-state index in [1.807, 2.05) is 42.2 Å². The van der Waals surface area contributed by atoms with Crippen LogP contribution < -0.4 is 10.6 Å². The van der Waals surface area contributed by atoms with Crippen molar-refractivity contribution in [3.63, 3.8) is 0 Å². The largest absolute Gasteiger partial charge is 0.378 e. The lowest BCUT2D eigenvalue weighted by molar-refractivity contribution is -0.121. The van der Waals surface area contributed by atoms with Gasteiger partial charge in [0.1, 0.15) is 0 Å². The van der Waals surface area contributed by atoms with Crippen molar-refractivity contribution in [2.45, 2.75) is 38.7 Å². The third-order valence-corrected chi connectivity index (χ3v) is 4.01. The molecule has 0 unspecified atom stereocenters. The van der Waals surface area contributed by atoms with E-state index in [9.17, 15) is 4.79 Å². The Morgan fingerprint density at radius 3 is 2.67 bits per heavy atom. The number of carbonyl (C=O) groups is 1. The molecule has 1 fully saturated rings. The Morgan fingerprint density at radius 1 is 1.33 bits per heavy atom. The summed E-state index contributed by atoms with van der Waals surface area (Å²) in [4.78, 5) is 14.4. The van der Waals surface area contributed by atoms with Crippen LogP contribution in [0.4, 0.5) is 5.69 Å². The van der Waals surface area contributed by atoms with E-state index in [1.54, 1.807) is 0 Å². The summed E-state index contributed by atoms with van der Waals surface area (Å²) in [6.07, 6.45) is 3.83. The van der Waals surface area contributed by atoms with Gasteiger partial charge in [-0.25, -0.2) is 0 Å². The van der Waals surface area contributed by atoms with Crippen molar-refractivity contribution in [3.8, 4) is 0 Å². The molecule has 0 atom stereocenters.